The van der Waals surface area contributed by atoms with E-state index in [4.69, 9.17) is 10.5 Å². The predicted octanol–water partition coefficient (Wildman–Crippen LogP) is 2.38. The van der Waals surface area contributed by atoms with Crippen molar-refractivity contribution in [2.45, 2.75) is 19.3 Å². The second-order valence-electron chi connectivity index (χ2n) is 4.13. The standard InChI is InChI=1S/C14H21N3O3.HI/c1-19-12-8-4-3-7-11(12)17-14(15)16-10-6-5-9-13(18)20-2;/h3-4,7-8H,5-6,9-10H2,1-2H3,(H3,15,16,17);1H. The molecule has 6 nitrogen and oxygen atoms in total. The van der Waals surface area contributed by atoms with E-state index in [0.29, 0.717) is 24.7 Å². The summed E-state index contributed by atoms with van der Waals surface area (Å²) in [6, 6.07) is 7.46. The third-order valence-corrected chi connectivity index (χ3v) is 2.67. The molecule has 3 N–H and O–H groups in total. The number of nitrogens with one attached hydrogen (secondary N) is 1. The lowest BCUT2D eigenvalue weighted by molar-refractivity contribution is -0.140. The molecule has 0 aliphatic carbocycles. The lowest BCUT2D eigenvalue weighted by Crippen LogP contribution is -2.23. The number of benzene rings is 1. The van der Waals surface area contributed by atoms with Crippen LogP contribution < -0.4 is 15.8 Å². The number of guanidine groups is 1. The monoisotopic (exact) mass is 407 g/mol. The van der Waals surface area contributed by atoms with Crippen LogP contribution in [0.5, 0.6) is 5.75 Å². The van der Waals surface area contributed by atoms with Gasteiger partial charge in [0.1, 0.15) is 5.75 Å². The van der Waals surface area contributed by atoms with E-state index < -0.39 is 0 Å². The van der Waals surface area contributed by atoms with Crippen LogP contribution in [0, 0.1) is 0 Å². The van der Waals surface area contributed by atoms with Crippen molar-refractivity contribution < 1.29 is 14.3 Å². The minimum Gasteiger partial charge on any atom is -0.495 e. The van der Waals surface area contributed by atoms with Crippen LogP contribution in [-0.4, -0.2) is 32.7 Å². The third kappa shape index (κ3) is 7.74. The first kappa shape index (κ1) is 19.5. The van der Waals surface area contributed by atoms with E-state index in [9.17, 15) is 4.79 Å². The third-order valence-electron chi connectivity index (χ3n) is 2.67. The van der Waals surface area contributed by atoms with Crippen LogP contribution in [0.25, 0.3) is 0 Å². The molecule has 7 heteroatoms. The van der Waals surface area contributed by atoms with Gasteiger partial charge in [0.25, 0.3) is 0 Å². The number of para-hydroxylation sites is 2. The highest BCUT2D eigenvalue weighted by Gasteiger charge is 2.02. The van der Waals surface area contributed by atoms with E-state index >= 15 is 0 Å². The minimum absolute atomic E-state index is 0. The summed E-state index contributed by atoms with van der Waals surface area (Å²) < 4.78 is 9.76. The number of carbonyl (C=O) groups excluding carboxylic acids is 1. The fourth-order valence-electron chi connectivity index (χ4n) is 1.61. The van der Waals surface area contributed by atoms with Gasteiger partial charge in [0.05, 0.1) is 19.9 Å². The maximum Gasteiger partial charge on any atom is 0.305 e. The SMILES string of the molecule is COC(=O)CCCCN=C(N)Nc1ccccc1OC.I. The second kappa shape index (κ2) is 11.2. The Kier molecular flexibility index (Phi) is 10.4. The molecule has 0 aliphatic rings. The van der Waals surface area contributed by atoms with E-state index in [1.165, 1.54) is 7.11 Å². The first-order valence-corrected chi connectivity index (χ1v) is 6.44. The molecule has 0 saturated heterocycles. The summed E-state index contributed by atoms with van der Waals surface area (Å²) in [5, 5.41) is 2.98. The van der Waals surface area contributed by atoms with E-state index in [0.717, 1.165) is 18.5 Å². The Morgan fingerprint density at radius 3 is 2.67 bits per heavy atom. The predicted molar refractivity (Wildman–Crippen MR) is 94.4 cm³/mol. The lowest BCUT2D eigenvalue weighted by Gasteiger charge is -2.09. The van der Waals surface area contributed by atoms with Crippen LogP contribution >= 0.6 is 24.0 Å². The molecule has 0 saturated carbocycles. The van der Waals surface area contributed by atoms with Gasteiger partial charge in [0, 0.05) is 13.0 Å². The zero-order valence-corrected chi connectivity index (χ0v) is 14.6. The molecule has 1 rings (SSSR count). The number of ether oxygens (including phenoxy) is 2. The van der Waals surface area contributed by atoms with Crippen LogP contribution in [0.4, 0.5) is 5.69 Å². The molecule has 0 heterocycles. The topological polar surface area (TPSA) is 85.9 Å². The Bertz CT molecular complexity index is 467. The number of unbranched alkanes of at least 4 members (excludes halogenated alkanes) is 1. The Labute approximate surface area is 142 Å². The Morgan fingerprint density at radius 1 is 1.29 bits per heavy atom. The number of carbonyl (C=O) groups is 1. The van der Waals surface area contributed by atoms with Gasteiger partial charge in [-0.15, -0.1) is 24.0 Å². The second-order valence-corrected chi connectivity index (χ2v) is 4.13. The van der Waals surface area contributed by atoms with Gasteiger partial charge in [-0.2, -0.15) is 0 Å². The fourth-order valence-corrected chi connectivity index (χ4v) is 1.61. The molecule has 0 bridgehead atoms. The number of nitrogens with two attached hydrogens (primary N) is 1. The molecule has 0 spiro atoms. The fraction of sp³-hybridized carbons (Fsp3) is 0.429. The smallest absolute Gasteiger partial charge is 0.305 e. The highest BCUT2D eigenvalue weighted by Crippen LogP contribution is 2.22. The van der Waals surface area contributed by atoms with Gasteiger partial charge >= 0.3 is 5.97 Å². The minimum atomic E-state index is -0.200. The molecule has 21 heavy (non-hydrogen) atoms. The van der Waals surface area contributed by atoms with E-state index in [1.807, 2.05) is 24.3 Å². The van der Waals surface area contributed by atoms with Crippen molar-refractivity contribution in [3.05, 3.63) is 24.3 Å². The molecular formula is C14H22IN3O3. The Balaban J connectivity index is 0.00000400. The number of anilines is 1. The normalized spacial score (nSPS) is 10.5. The highest BCUT2D eigenvalue weighted by molar-refractivity contribution is 14.0. The molecule has 1 aromatic rings. The number of aliphatic imine (C=N–C) groups is 1. The molecule has 0 radical (unpaired) electrons. The van der Waals surface area contributed by atoms with Crippen LogP contribution in [0.15, 0.2) is 29.3 Å². The summed E-state index contributed by atoms with van der Waals surface area (Å²) >= 11 is 0. The first-order chi connectivity index (χ1) is 9.67. The zero-order valence-electron chi connectivity index (χ0n) is 12.3. The molecule has 0 atom stereocenters. The van der Waals surface area contributed by atoms with Crippen molar-refractivity contribution in [2.75, 3.05) is 26.1 Å². The number of hydrogen-bond acceptors (Lipinski definition) is 4. The van der Waals surface area contributed by atoms with Crippen molar-refractivity contribution in [1.82, 2.24) is 0 Å². The van der Waals surface area contributed by atoms with Crippen LogP contribution in [0.2, 0.25) is 0 Å². The first-order valence-electron chi connectivity index (χ1n) is 6.44. The molecule has 0 unspecified atom stereocenters. The molecule has 0 amide bonds. The van der Waals surface area contributed by atoms with Crippen molar-refractivity contribution in [3.8, 4) is 5.75 Å². The molecule has 1 aromatic carbocycles. The van der Waals surface area contributed by atoms with E-state index in [-0.39, 0.29) is 29.9 Å². The molecule has 0 fully saturated rings. The van der Waals surface area contributed by atoms with E-state index in [1.54, 1.807) is 7.11 Å². The number of hydrogen-bond donors (Lipinski definition) is 2. The average Bonchev–Trinajstić information content (AvgIpc) is 2.47. The Hall–Kier alpha value is -1.51. The van der Waals surface area contributed by atoms with Gasteiger partial charge in [0.15, 0.2) is 5.96 Å². The average molecular weight is 407 g/mol. The number of methoxy groups -OCH3 is 2. The summed E-state index contributed by atoms with van der Waals surface area (Å²) in [7, 11) is 2.98. The van der Waals surface area contributed by atoms with Gasteiger partial charge in [0.2, 0.25) is 0 Å². The van der Waals surface area contributed by atoms with Crippen molar-refractivity contribution in [2.24, 2.45) is 10.7 Å². The zero-order chi connectivity index (χ0) is 14.8. The summed E-state index contributed by atoms with van der Waals surface area (Å²) in [5.74, 6) is 0.831. The number of esters is 1. The van der Waals surface area contributed by atoms with Gasteiger partial charge in [-0.05, 0) is 25.0 Å². The van der Waals surface area contributed by atoms with Gasteiger partial charge < -0.3 is 20.5 Å². The van der Waals surface area contributed by atoms with Gasteiger partial charge in [-0.1, -0.05) is 12.1 Å². The maximum absolute atomic E-state index is 10.9. The summed E-state index contributed by atoms with van der Waals surface area (Å²) in [6.45, 7) is 0.560. The summed E-state index contributed by atoms with van der Waals surface area (Å²) in [6.07, 6.45) is 1.92. The number of nitrogens with zero attached hydrogens (tertiary/aromatic N) is 1. The summed E-state index contributed by atoms with van der Waals surface area (Å²) in [5.41, 5.74) is 6.56. The number of halogens is 1. The molecule has 0 aromatic heterocycles. The summed E-state index contributed by atoms with van der Waals surface area (Å²) in [4.78, 5) is 15.1. The molecular weight excluding hydrogens is 385 g/mol. The van der Waals surface area contributed by atoms with Crippen LogP contribution in [-0.2, 0) is 9.53 Å². The van der Waals surface area contributed by atoms with Crippen molar-refractivity contribution in [1.29, 1.82) is 0 Å². The molecule has 0 aliphatic heterocycles. The van der Waals surface area contributed by atoms with Gasteiger partial charge in [-0.25, -0.2) is 0 Å². The van der Waals surface area contributed by atoms with Crippen molar-refractivity contribution >= 4 is 41.6 Å². The van der Waals surface area contributed by atoms with Crippen molar-refractivity contribution in [3.63, 3.8) is 0 Å². The quantitative estimate of drug-likeness (QED) is 0.238. The Morgan fingerprint density at radius 2 is 2.00 bits per heavy atom. The van der Waals surface area contributed by atoms with Gasteiger partial charge in [-0.3, -0.25) is 9.79 Å². The van der Waals surface area contributed by atoms with E-state index in [2.05, 4.69) is 15.0 Å². The number of rotatable bonds is 7. The maximum atomic E-state index is 10.9. The lowest BCUT2D eigenvalue weighted by atomic mass is 10.2. The molecule has 118 valence electrons. The van der Waals surface area contributed by atoms with Crippen LogP contribution in [0.1, 0.15) is 19.3 Å². The highest BCUT2D eigenvalue weighted by atomic mass is 127. The van der Waals surface area contributed by atoms with Crippen LogP contribution in [0.3, 0.4) is 0 Å². The largest absolute Gasteiger partial charge is 0.495 e.